The molecule has 1 aromatic rings. The Labute approximate surface area is 136 Å². The van der Waals surface area contributed by atoms with Gasteiger partial charge in [0.1, 0.15) is 5.69 Å². The summed E-state index contributed by atoms with van der Waals surface area (Å²) < 4.78 is 26.0. The third-order valence-corrected chi connectivity index (χ3v) is 5.07. The zero-order valence-corrected chi connectivity index (χ0v) is 13.8. The summed E-state index contributed by atoms with van der Waals surface area (Å²) in [4.78, 5) is 10.7. The Kier molecular flexibility index (Phi) is 5.38. The number of sulfonamides is 1. The topological polar surface area (TPSA) is 107 Å². The quantitative estimate of drug-likeness (QED) is 0.486. The number of nitrogens with two attached hydrogens (primary N) is 1. The lowest BCUT2D eigenvalue weighted by Gasteiger charge is -2.35. The molecule has 0 radical (unpaired) electrons. The van der Waals surface area contributed by atoms with Crippen molar-refractivity contribution in [2.75, 3.05) is 17.1 Å². The van der Waals surface area contributed by atoms with Crippen LogP contribution < -0.4 is 10.0 Å². The average molecular weight is 339 g/mol. The average Bonchev–Trinajstić information content (AvgIpc) is 2.48. The van der Waals surface area contributed by atoms with Gasteiger partial charge in [0.05, 0.1) is 17.2 Å². The van der Waals surface area contributed by atoms with Crippen molar-refractivity contribution < 1.29 is 13.3 Å². The Balaban J connectivity index is 2.58. The molecule has 2 N–H and O–H groups in total. The summed E-state index contributed by atoms with van der Waals surface area (Å²) in [7, 11) is -3.68. The van der Waals surface area contributed by atoms with Gasteiger partial charge in [-0.15, -0.1) is 0 Å². The lowest BCUT2D eigenvalue weighted by Crippen LogP contribution is -2.42. The molecule has 0 amide bonds. The summed E-state index contributed by atoms with van der Waals surface area (Å²) in [6.45, 7) is 0.414. The van der Waals surface area contributed by atoms with E-state index in [2.05, 4.69) is 0 Å². The molecule has 7 nitrogen and oxygen atoms in total. The smallest absolute Gasteiger partial charge is 0.293 e. The highest BCUT2D eigenvalue weighted by atomic mass is 32.2. The summed E-state index contributed by atoms with van der Waals surface area (Å²) in [5.74, 6) is 0. The normalized spacial score (nSPS) is 18.3. The van der Waals surface area contributed by atoms with E-state index in [0.29, 0.717) is 19.4 Å². The molecular formula is C15H21N3O4S. The van der Waals surface area contributed by atoms with Crippen molar-refractivity contribution in [3.05, 3.63) is 46.0 Å². The fourth-order valence-corrected chi connectivity index (χ4v) is 4.22. The molecule has 1 aromatic carbocycles. The van der Waals surface area contributed by atoms with Crippen LogP contribution in [0.25, 0.3) is 0 Å². The van der Waals surface area contributed by atoms with E-state index < -0.39 is 21.0 Å². The van der Waals surface area contributed by atoms with E-state index in [4.69, 9.17) is 5.73 Å². The monoisotopic (exact) mass is 339 g/mol. The van der Waals surface area contributed by atoms with Crippen LogP contribution in [0.2, 0.25) is 0 Å². The van der Waals surface area contributed by atoms with E-state index in [0.717, 1.165) is 24.7 Å². The zero-order chi connectivity index (χ0) is 17.0. The molecule has 0 aromatic heterocycles. The first-order valence-corrected chi connectivity index (χ1v) is 9.33. The van der Waals surface area contributed by atoms with Gasteiger partial charge >= 0.3 is 0 Å². The molecule has 1 aliphatic rings. The van der Waals surface area contributed by atoms with Crippen molar-refractivity contribution in [3.63, 3.8) is 0 Å². The SMILES string of the molecule is CS(=O)(=O)N(c1ccccc1[N+](=O)[O-])C1CCCC=C1CCN. The minimum absolute atomic E-state index is 0.106. The molecule has 0 fully saturated rings. The number of nitro benzene ring substituents is 1. The Morgan fingerprint density at radius 3 is 2.70 bits per heavy atom. The molecule has 1 atom stereocenters. The van der Waals surface area contributed by atoms with E-state index in [1.54, 1.807) is 6.07 Å². The van der Waals surface area contributed by atoms with Crippen LogP contribution in [-0.2, 0) is 10.0 Å². The van der Waals surface area contributed by atoms with Crippen LogP contribution in [0.4, 0.5) is 11.4 Å². The van der Waals surface area contributed by atoms with Crippen molar-refractivity contribution in [3.8, 4) is 0 Å². The molecule has 1 aliphatic carbocycles. The van der Waals surface area contributed by atoms with Crippen LogP contribution in [0.15, 0.2) is 35.9 Å². The maximum atomic E-state index is 12.4. The highest BCUT2D eigenvalue weighted by Gasteiger charge is 2.34. The minimum Gasteiger partial charge on any atom is -0.330 e. The fraction of sp³-hybridized carbons (Fsp3) is 0.467. The summed E-state index contributed by atoms with van der Waals surface area (Å²) >= 11 is 0. The van der Waals surface area contributed by atoms with Crippen molar-refractivity contribution in [2.45, 2.75) is 31.7 Å². The molecule has 8 heteroatoms. The standard InChI is InChI=1S/C15H21N3O4S/c1-23(21,22)17(13-7-3-2-6-12(13)10-11-16)14-8-4-5-9-15(14)18(19)20/h4-6,8-9,13H,2-3,7,10-11,16H2,1H3. The predicted octanol–water partition coefficient (Wildman–Crippen LogP) is 2.19. The molecule has 2 rings (SSSR count). The van der Waals surface area contributed by atoms with Gasteiger partial charge < -0.3 is 5.73 Å². The Morgan fingerprint density at radius 1 is 1.39 bits per heavy atom. The van der Waals surface area contributed by atoms with Gasteiger partial charge in [0.25, 0.3) is 5.69 Å². The van der Waals surface area contributed by atoms with Gasteiger partial charge in [-0.25, -0.2) is 8.42 Å². The Hall–Kier alpha value is -1.93. The minimum atomic E-state index is -3.68. The summed E-state index contributed by atoms with van der Waals surface area (Å²) in [5, 5.41) is 11.3. The molecule has 0 bridgehead atoms. The highest BCUT2D eigenvalue weighted by molar-refractivity contribution is 7.92. The number of hydrogen-bond donors (Lipinski definition) is 1. The predicted molar refractivity (Wildman–Crippen MR) is 89.8 cm³/mol. The first-order chi connectivity index (χ1) is 10.9. The second-order valence-corrected chi connectivity index (χ2v) is 7.43. The van der Waals surface area contributed by atoms with Gasteiger partial charge in [-0.05, 0) is 43.9 Å². The summed E-state index contributed by atoms with van der Waals surface area (Å²) in [6, 6.07) is 5.52. The van der Waals surface area contributed by atoms with E-state index in [-0.39, 0.29) is 11.4 Å². The molecule has 0 spiro atoms. The van der Waals surface area contributed by atoms with Crippen LogP contribution in [0, 0.1) is 10.1 Å². The lowest BCUT2D eigenvalue weighted by atomic mass is 9.91. The molecular weight excluding hydrogens is 318 g/mol. The van der Waals surface area contributed by atoms with E-state index in [1.165, 1.54) is 22.5 Å². The van der Waals surface area contributed by atoms with Crippen LogP contribution in [0.3, 0.4) is 0 Å². The maximum Gasteiger partial charge on any atom is 0.293 e. The summed E-state index contributed by atoms with van der Waals surface area (Å²) in [5.41, 5.74) is 6.46. The first kappa shape index (κ1) is 17.4. The van der Waals surface area contributed by atoms with Crippen LogP contribution in [0.1, 0.15) is 25.7 Å². The fourth-order valence-electron chi connectivity index (χ4n) is 3.01. The lowest BCUT2D eigenvalue weighted by molar-refractivity contribution is -0.384. The van der Waals surface area contributed by atoms with Crippen molar-refractivity contribution in [1.29, 1.82) is 0 Å². The second-order valence-electron chi connectivity index (χ2n) is 5.57. The molecule has 0 aliphatic heterocycles. The number of para-hydroxylation sites is 2. The molecule has 1 unspecified atom stereocenters. The number of rotatable bonds is 6. The van der Waals surface area contributed by atoms with Crippen LogP contribution >= 0.6 is 0 Å². The number of hydrogen-bond acceptors (Lipinski definition) is 5. The molecule has 126 valence electrons. The van der Waals surface area contributed by atoms with E-state index in [9.17, 15) is 18.5 Å². The molecule has 23 heavy (non-hydrogen) atoms. The Morgan fingerprint density at radius 2 is 2.09 bits per heavy atom. The number of anilines is 1. The molecule has 0 saturated carbocycles. The van der Waals surface area contributed by atoms with E-state index >= 15 is 0 Å². The number of benzene rings is 1. The third kappa shape index (κ3) is 3.89. The largest absolute Gasteiger partial charge is 0.330 e. The van der Waals surface area contributed by atoms with Crippen molar-refractivity contribution in [1.82, 2.24) is 0 Å². The maximum absolute atomic E-state index is 12.4. The third-order valence-electron chi connectivity index (χ3n) is 3.91. The van der Waals surface area contributed by atoms with E-state index in [1.807, 2.05) is 6.08 Å². The second kappa shape index (κ2) is 7.10. The van der Waals surface area contributed by atoms with Gasteiger partial charge in [-0.1, -0.05) is 18.2 Å². The van der Waals surface area contributed by atoms with Gasteiger partial charge in [-0.3, -0.25) is 14.4 Å². The van der Waals surface area contributed by atoms with Gasteiger partial charge in [-0.2, -0.15) is 0 Å². The number of nitro groups is 1. The highest BCUT2D eigenvalue weighted by Crippen LogP contribution is 2.36. The van der Waals surface area contributed by atoms with Gasteiger partial charge in [0.15, 0.2) is 0 Å². The number of nitrogens with zero attached hydrogens (tertiary/aromatic N) is 2. The summed E-state index contributed by atoms with van der Waals surface area (Å²) in [6.07, 6.45) is 6.01. The van der Waals surface area contributed by atoms with Crippen LogP contribution in [0.5, 0.6) is 0 Å². The number of allylic oxidation sites excluding steroid dienone is 1. The van der Waals surface area contributed by atoms with Gasteiger partial charge in [0.2, 0.25) is 10.0 Å². The van der Waals surface area contributed by atoms with Crippen LogP contribution in [-0.4, -0.2) is 32.2 Å². The first-order valence-electron chi connectivity index (χ1n) is 7.48. The Bertz CT molecular complexity index is 715. The van der Waals surface area contributed by atoms with Crippen molar-refractivity contribution >= 4 is 21.4 Å². The molecule has 0 heterocycles. The molecule has 0 saturated heterocycles. The zero-order valence-electron chi connectivity index (χ0n) is 13.0. The van der Waals surface area contributed by atoms with Crippen molar-refractivity contribution in [2.24, 2.45) is 5.73 Å². The van der Waals surface area contributed by atoms with Gasteiger partial charge in [0, 0.05) is 6.07 Å².